The number of carbonyl (C=O) groups is 2. The van der Waals surface area contributed by atoms with Crippen LogP contribution in [0.2, 0.25) is 0 Å². The van der Waals surface area contributed by atoms with Gasteiger partial charge in [-0.2, -0.15) is 0 Å². The lowest BCUT2D eigenvalue weighted by atomic mass is 9.99. The molecule has 6 heteroatoms. The zero-order valence-electron chi connectivity index (χ0n) is 7.95. The molecule has 1 heterocycles. The van der Waals surface area contributed by atoms with Gasteiger partial charge in [0.15, 0.2) is 0 Å². The zero-order valence-corrected chi connectivity index (χ0v) is 7.95. The molecule has 0 aromatic rings. The second-order valence-corrected chi connectivity index (χ2v) is 3.38. The third-order valence-corrected chi connectivity index (χ3v) is 2.22. The SMILES string of the molecule is NCCNCC(N)C1CC(=O)NC1=O. The number of hydrogen-bond acceptors (Lipinski definition) is 5. The molecular formula is C8H16N4O2. The number of hydrogen-bond donors (Lipinski definition) is 4. The Balaban J connectivity index is 2.33. The summed E-state index contributed by atoms with van der Waals surface area (Å²) >= 11 is 0. The quantitative estimate of drug-likeness (QED) is 0.290. The van der Waals surface area contributed by atoms with Crippen molar-refractivity contribution in [1.29, 1.82) is 0 Å². The normalized spacial score (nSPS) is 23.7. The Morgan fingerprint density at radius 3 is 2.79 bits per heavy atom. The van der Waals surface area contributed by atoms with Crippen LogP contribution < -0.4 is 22.1 Å². The molecule has 2 atom stereocenters. The molecule has 1 aliphatic heterocycles. The molecular weight excluding hydrogens is 184 g/mol. The first kappa shape index (κ1) is 11.1. The predicted molar refractivity (Wildman–Crippen MR) is 51.2 cm³/mol. The van der Waals surface area contributed by atoms with Gasteiger partial charge in [-0.15, -0.1) is 0 Å². The summed E-state index contributed by atoms with van der Waals surface area (Å²) in [6.07, 6.45) is 0.199. The van der Waals surface area contributed by atoms with Gasteiger partial charge in [-0.3, -0.25) is 14.9 Å². The first-order valence-electron chi connectivity index (χ1n) is 4.65. The average molecular weight is 200 g/mol. The Kier molecular flexibility index (Phi) is 3.99. The average Bonchev–Trinajstić information content (AvgIpc) is 2.45. The Morgan fingerprint density at radius 1 is 1.57 bits per heavy atom. The molecule has 2 amide bonds. The van der Waals surface area contributed by atoms with Crippen LogP contribution in [0.1, 0.15) is 6.42 Å². The van der Waals surface area contributed by atoms with Gasteiger partial charge in [-0.05, 0) is 0 Å². The Labute approximate surface area is 82.4 Å². The van der Waals surface area contributed by atoms with Gasteiger partial charge in [0.2, 0.25) is 11.8 Å². The summed E-state index contributed by atoms with van der Waals surface area (Å²) in [7, 11) is 0. The van der Waals surface area contributed by atoms with Crippen LogP contribution >= 0.6 is 0 Å². The molecule has 6 N–H and O–H groups in total. The molecule has 0 aromatic heterocycles. The van der Waals surface area contributed by atoms with Crippen molar-refractivity contribution in [3.8, 4) is 0 Å². The zero-order chi connectivity index (χ0) is 10.6. The number of imide groups is 1. The minimum absolute atomic E-state index is 0.199. The molecule has 1 fully saturated rings. The highest BCUT2D eigenvalue weighted by atomic mass is 16.2. The molecule has 0 spiro atoms. The van der Waals surface area contributed by atoms with E-state index in [0.717, 1.165) is 0 Å². The second kappa shape index (κ2) is 5.04. The van der Waals surface area contributed by atoms with Crippen molar-refractivity contribution in [3.63, 3.8) is 0 Å². The van der Waals surface area contributed by atoms with E-state index in [1.165, 1.54) is 0 Å². The standard InChI is InChI=1S/C8H16N4O2/c9-1-2-11-4-6(10)5-3-7(13)12-8(5)14/h5-6,11H,1-4,9-10H2,(H,12,13,14). The van der Waals surface area contributed by atoms with Crippen LogP contribution in [-0.2, 0) is 9.59 Å². The number of rotatable bonds is 5. The second-order valence-electron chi connectivity index (χ2n) is 3.38. The predicted octanol–water partition coefficient (Wildman–Crippen LogP) is -2.48. The van der Waals surface area contributed by atoms with Crippen molar-refractivity contribution in [3.05, 3.63) is 0 Å². The third kappa shape index (κ3) is 2.76. The van der Waals surface area contributed by atoms with Crippen molar-refractivity contribution in [2.75, 3.05) is 19.6 Å². The number of nitrogens with one attached hydrogen (secondary N) is 2. The summed E-state index contributed by atoms with van der Waals surface area (Å²) in [5, 5.41) is 5.23. The maximum Gasteiger partial charge on any atom is 0.231 e. The molecule has 2 unspecified atom stereocenters. The molecule has 1 saturated heterocycles. The highest BCUT2D eigenvalue weighted by molar-refractivity contribution is 6.03. The first-order valence-corrected chi connectivity index (χ1v) is 4.65. The largest absolute Gasteiger partial charge is 0.329 e. The molecule has 80 valence electrons. The summed E-state index contributed by atoms with van der Waals surface area (Å²) in [5.41, 5.74) is 11.0. The van der Waals surface area contributed by atoms with E-state index in [2.05, 4.69) is 10.6 Å². The highest BCUT2D eigenvalue weighted by Crippen LogP contribution is 2.13. The van der Waals surface area contributed by atoms with Gasteiger partial charge in [0.05, 0.1) is 5.92 Å². The molecule has 0 aromatic carbocycles. The summed E-state index contributed by atoms with van der Waals surface area (Å²) in [6.45, 7) is 1.70. The van der Waals surface area contributed by atoms with E-state index < -0.39 is 5.92 Å². The minimum Gasteiger partial charge on any atom is -0.329 e. The smallest absolute Gasteiger partial charge is 0.231 e. The van der Waals surface area contributed by atoms with Gasteiger partial charge < -0.3 is 16.8 Å². The number of amides is 2. The van der Waals surface area contributed by atoms with Gasteiger partial charge in [0.1, 0.15) is 0 Å². The van der Waals surface area contributed by atoms with Gasteiger partial charge in [-0.1, -0.05) is 0 Å². The van der Waals surface area contributed by atoms with Crippen LogP contribution in [0.25, 0.3) is 0 Å². The minimum atomic E-state index is -0.396. The third-order valence-electron chi connectivity index (χ3n) is 2.22. The van der Waals surface area contributed by atoms with Crippen LogP contribution in [0.5, 0.6) is 0 Å². The van der Waals surface area contributed by atoms with Crippen LogP contribution in [0, 0.1) is 5.92 Å². The van der Waals surface area contributed by atoms with Gasteiger partial charge in [0.25, 0.3) is 0 Å². The van der Waals surface area contributed by atoms with E-state index in [1.807, 2.05) is 0 Å². The monoisotopic (exact) mass is 200 g/mol. The molecule has 0 aliphatic carbocycles. The van der Waals surface area contributed by atoms with E-state index in [1.54, 1.807) is 0 Å². The molecule has 1 rings (SSSR count). The van der Waals surface area contributed by atoms with Gasteiger partial charge in [0, 0.05) is 32.1 Å². The molecule has 1 aliphatic rings. The van der Waals surface area contributed by atoms with Crippen LogP contribution in [0.4, 0.5) is 0 Å². The summed E-state index contributed by atoms with van der Waals surface area (Å²) < 4.78 is 0. The Bertz CT molecular complexity index is 231. The summed E-state index contributed by atoms with van der Waals surface area (Å²) in [6, 6.07) is -0.326. The molecule has 0 bridgehead atoms. The lowest BCUT2D eigenvalue weighted by molar-refractivity contribution is -0.125. The van der Waals surface area contributed by atoms with Crippen LogP contribution in [0.3, 0.4) is 0 Å². The van der Waals surface area contributed by atoms with Gasteiger partial charge in [-0.25, -0.2) is 0 Å². The number of carbonyl (C=O) groups excluding carboxylic acids is 2. The first-order chi connectivity index (χ1) is 6.65. The van der Waals surface area contributed by atoms with Crippen LogP contribution in [0.15, 0.2) is 0 Å². The fraction of sp³-hybridized carbons (Fsp3) is 0.750. The summed E-state index contributed by atoms with van der Waals surface area (Å²) in [5.74, 6) is -0.904. The Hall–Kier alpha value is -0.980. The van der Waals surface area contributed by atoms with Crippen molar-refractivity contribution in [2.45, 2.75) is 12.5 Å². The number of nitrogens with two attached hydrogens (primary N) is 2. The highest BCUT2D eigenvalue weighted by Gasteiger charge is 2.34. The van der Waals surface area contributed by atoms with E-state index in [0.29, 0.717) is 19.6 Å². The van der Waals surface area contributed by atoms with Crippen LogP contribution in [-0.4, -0.2) is 37.5 Å². The van der Waals surface area contributed by atoms with Crippen molar-refractivity contribution < 1.29 is 9.59 Å². The maximum absolute atomic E-state index is 11.2. The summed E-state index contributed by atoms with van der Waals surface area (Å²) in [4.78, 5) is 22.1. The van der Waals surface area contributed by atoms with E-state index in [4.69, 9.17) is 11.5 Å². The molecule has 14 heavy (non-hydrogen) atoms. The van der Waals surface area contributed by atoms with Crippen molar-refractivity contribution >= 4 is 11.8 Å². The lowest BCUT2D eigenvalue weighted by Crippen LogP contribution is -2.43. The fourth-order valence-corrected chi connectivity index (χ4v) is 1.43. The molecule has 0 saturated carbocycles. The lowest BCUT2D eigenvalue weighted by Gasteiger charge is -2.16. The van der Waals surface area contributed by atoms with Crippen molar-refractivity contribution in [2.24, 2.45) is 17.4 Å². The topological polar surface area (TPSA) is 110 Å². The van der Waals surface area contributed by atoms with E-state index in [-0.39, 0.29) is 24.3 Å². The molecule has 6 nitrogen and oxygen atoms in total. The fourth-order valence-electron chi connectivity index (χ4n) is 1.43. The van der Waals surface area contributed by atoms with Gasteiger partial charge >= 0.3 is 0 Å². The Morgan fingerprint density at radius 2 is 2.29 bits per heavy atom. The maximum atomic E-state index is 11.2. The van der Waals surface area contributed by atoms with Crippen molar-refractivity contribution in [1.82, 2.24) is 10.6 Å². The molecule has 0 radical (unpaired) electrons. The van der Waals surface area contributed by atoms with E-state index in [9.17, 15) is 9.59 Å². The van der Waals surface area contributed by atoms with E-state index >= 15 is 0 Å².